The Kier molecular flexibility index (Phi) is 2.61. The third-order valence-corrected chi connectivity index (χ3v) is 4.05. The molecule has 0 radical (unpaired) electrons. The van der Waals surface area contributed by atoms with Crippen molar-refractivity contribution in [2.24, 2.45) is 0 Å². The highest BCUT2D eigenvalue weighted by atomic mass is 79.9. The molecule has 0 saturated carbocycles. The molecule has 86 valence electrons. The largest absolute Gasteiger partial charge is 0.460 e. The van der Waals surface area contributed by atoms with Crippen LogP contribution in [-0.2, 0) is 0 Å². The maximum absolute atomic E-state index is 12.3. The van der Waals surface area contributed by atoms with E-state index in [1.54, 1.807) is 12.3 Å². The van der Waals surface area contributed by atoms with E-state index in [9.17, 15) is 4.79 Å². The topological polar surface area (TPSA) is 36.7 Å². The van der Waals surface area contributed by atoms with Crippen LogP contribution in [0.5, 0.6) is 0 Å². The monoisotopic (exact) mass is 284 g/mol. The SMILES string of the molecule is O=C(c1occc1Br)C1CN2CCN1CC2. The highest BCUT2D eigenvalue weighted by Crippen LogP contribution is 2.24. The van der Waals surface area contributed by atoms with Gasteiger partial charge < -0.3 is 4.42 Å². The summed E-state index contributed by atoms with van der Waals surface area (Å²) in [5.74, 6) is 0.556. The number of carbonyl (C=O) groups excluding carboxylic acids is 1. The molecule has 3 saturated heterocycles. The molecular formula is C11H13BrN2O2. The Labute approximate surface area is 102 Å². The second kappa shape index (κ2) is 3.98. The Morgan fingerprint density at radius 1 is 1.38 bits per heavy atom. The van der Waals surface area contributed by atoms with Gasteiger partial charge in [0.1, 0.15) is 0 Å². The van der Waals surface area contributed by atoms with Crippen molar-refractivity contribution < 1.29 is 9.21 Å². The molecule has 3 aliphatic heterocycles. The summed E-state index contributed by atoms with van der Waals surface area (Å²) in [6.45, 7) is 5.00. The van der Waals surface area contributed by atoms with Gasteiger partial charge >= 0.3 is 0 Å². The van der Waals surface area contributed by atoms with E-state index in [1.807, 2.05) is 0 Å². The maximum Gasteiger partial charge on any atom is 0.217 e. The van der Waals surface area contributed by atoms with Gasteiger partial charge in [0.15, 0.2) is 5.76 Å². The van der Waals surface area contributed by atoms with Crippen LogP contribution in [0.3, 0.4) is 0 Å². The van der Waals surface area contributed by atoms with E-state index in [2.05, 4.69) is 25.7 Å². The predicted molar refractivity (Wildman–Crippen MR) is 62.5 cm³/mol. The van der Waals surface area contributed by atoms with Gasteiger partial charge in [0.25, 0.3) is 0 Å². The zero-order chi connectivity index (χ0) is 11.1. The first-order valence-electron chi connectivity index (χ1n) is 5.49. The lowest BCUT2D eigenvalue weighted by atomic mass is 10.0. The second-order valence-corrected chi connectivity index (χ2v) is 5.17. The molecule has 3 aliphatic rings. The fraction of sp³-hybridized carbons (Fsp3) is 0.545. The van der Waals surface area contributed by atoms with E-state index in [1.165, 1.54) is 0 Å². The van der Waals surface area contributed by atoms with E-state index >= 15 is 0 Å². The molecule has 0 N–H and O–H groups in total. The molecule has 16 heavy (non-hydrogen) atoms. The summed E-state index contributed by atoms with van der Waals surface area (Å²) in [6.07, 6.45) is 1.55. The minimum atomic E-state index is -0.0232. The molecule has 1 aromatic heterocycles. The summed E-state index contributed by atoms with van der Waals surface area (Å²) in [6, 6.07) is 1.74. The Morgan fingerprint density at radius 3 is 2.62 bits per heavy atom. The van der Waals surface area contributed by atoms with Crippen molar-refractivity contribution >= 4 is 21.7 Å². The smallest absolute Gasteiger partial charge is 0.217 e. The van der Waals surface area contributed by atoms with E-state index in [4.69, 9.17) is 4.42 Å². The number of fused-ring (bicyclic) bond motifs is 3. The minimum absolute atomic E-state index is 0.0232. The van der Waals surface area contributed by atoms with Crippen molar-refractivity contribution in [3.8, 4) is 0 Å². The van der Waals surface area contributed by atoms with Crippen molar-refractivity contribution in [1.29, 1.82) is 0 Å². The minimum Gasteiger partial charge on any atom is -0.460 e. The van der Waals surface area contributed by atoms with Gasteiger partial charge in [0.05, 0.1) is 16.8 Å². The summed E-state index contributed by atoms with van der Waals surface area (Å²) in [5.41, 5.74) is 0. The summed E-state index contributed by atoms with van der Waals surface area (Å²) >= 11 is 3.34. The first-order chi connectivity index (χ1) is 7.75. The second-order valence-electron chi connectivity index (χ2n) is 4.31. The lowest BCUT2D eigenvalue weighted by Crippen LogP contribution is -2.63. The van der Waals surface area contributed by atoms with Crippen LogP contribution in [0, 0.1) is 0 Å². The van der Waals surface area contributed by atoms with Gasteiger partial charge in [-0.05, 0) is 22.0 Å². The van der Waals surface area contributed by atoms with Crippen LogP contribution in [0.2, 0.25) is 0 Å². The highest BCUT2D eigenvalue weighted by Gasteiger charge is 2.38. The quantitative estimate of drug-likeness (QED) is 0.766. The van der Waals surface area contributed by atoms with E-state index in [0.29, 0.717) is 5.76 Å². The molecular weight excluding hydrogens is 272 g/mol. The number of piperazine rings is 3. The fourth-order valence-corrected chi connectivity index (χ4v) is 2.88. The molecule has 1 unspecified atom stereocenters. The van der Waals surface area contributed by atoms with E-state index in [-0.39, 0.29) is 11.8 Å². The first-order valence-corrected chi connectivity index (χ1v) is 6.28. The molecule has 1 atom stereocenters. The number of rotatable bonds is 2. The summed E-state index contributed by atoms with van der Waals surface area (Å²) in [5, 5.41) is 0. The van der Waals surface area contributed by atoms with Gasteiger partial charge in [0.2, 0.25) is 5.78 Å². The molecule has 4 nitrogen and oxygen atoms in total. The van der Waals surface area contributed by atoms with Crippen LogP contribution in [0.4, 0.5) is 0 Å². The Hall–Kier alpha value is -0.650. The molecule has 4 heterocycles. The molecule has 0 spiro atoms. The van der Waals surface area contributed by atoms with Gasteiger partial charge in [-0.2, -0.15) is 0 Å². The van der Waals surface area contributed by atoms with Crippen LogP contribution in [0.25, 0.3) is 0 Å². The normalized spacial score (nSPS) is 32.9. The van der Waals surface area contributed by atoms with Gasteiger partial charge in [-0.25, -0.2) is 0 Å². The number of ketones is 1. The molecule has 0 aliphatic carbocycles. The molecule has 0 amide bonds. The first kappa shape index (κ1) is 10.5. The molecule has 1 aromatic rings. The third-order valence-electron chi connectivity index (χ3n) is 3.42. The molecule has 2 bridgehead atoms. The lowest BCUT2D eigenvalue weighted by molar-refractivity contribution is 0.0145. The molecule has 5 heteroatoms. The van der Waals surface area contributed by atoms with Gasteiger partial charge in [-0.3, -0.25) is 14.6 Å². The average molecular weight is 285 g/mol. The van der Waals surface area contributed by atoms with E-state index < -0.39 is 0 Å². The van der Waals surface area contributed by atoms with Crippen LogP contribution < -0.4 is 0 Å². The zero-order valence-electron chi connectivity index (χ0n) is 8.86. The Balaban J connectivity index is 1.83. The molecule has 0 aromatic carbocycles. The maximum atomic E-state index is 12.3. The van der Waals surface area contributed by atoms with E-state index in [0.717, 1.165) is 37.2 Å². The number of Topliss-reactive ketones (excluding diaryl/α,β-unsaturated/α-hetero) is 1. The van der Waals surface area contributed by atoms with Gasteiger partial charge in [-0.1, -0.05) is 0 Å². The number of halogens is 1. The van der Waals surface area contributed by atoms with Crippen molar-refractivity contribution in [1.82, 2.24) is 9.80 Å². The van der Waals surface area contributed by atoms with Crippen LogP contribution >= 0.6 is 15.9 Å². The van der Waals surface area contributed by atoms with Crippen LogP contribution in [0.1, 0.15) is 10.6 Å². The molecule has 3 fully saturated rings. The standard InChI is InChI=1S/C11H13BrN2O2/c12-8-1-6-16-11(8)10(15)9-7-13-2-4-14(9)5-3-13/h1,6,9H,2-5,7H2. The number of furan rings is 1. The van der Waals surface area contributed by atoms with Gasteiger partial charge in [0, 0.05) is 32.7 Å². The van der Waals surface area contributed by atoms with Crippen molar-refractivity contribution in [2.45, 2.75) is 6.04 Å². The summed E-state index contributed by atoms with van der Waals surface area (Å²) in [4.78, 5) is 16.9. The zero-order valence-corrected chi connectivity index (χ0v) is 10.4. The predicted octanol–water partition coefficient (Wildman–Crippen LogP) is 1.22. The van der Waals surface area contributed by atoms with Crippen LogP contribution in [-0.4, -0.2) is 54.3 Å². The fourth-order valence-electron chi connectivity index (χ4n) is 2.49. The number of hydrogen-bond acceptors (Lipinski definition) is 4. The van der Waals surface area contributed by atoms with Crippen LogP contribution in [0.15, 0.2) is 21.2 Å². The number of hydrogen-bond donors (Lipinski definition) is 0. The lowest BCUT2D eigenvalue weighted by Gasteiger charge is -2.46. The summed E-state index contributed by atoms with van der Waals surface area (Å²) < 4.78 is 6.00. The summed E-state index contributed by atoms with van der Waals surface area (Å²) in [7, 11) is 0. The van der Waals surface area contributed by atoms with Crippen molar-refractivity contribution in [3.63, 3.8) is 0 Å². The number of nitrogens with zero attached hydrogens (tertiary/aromatic N) is 2. The van der Waals surface area contributed by atoms with Gasteiger partial charge in [-0.15, -0.1) is 0 Å². The molecule has 4 rings (SSSR count). The number of carbonyl (C=O) groups is 1. The third kappa shape index (κ3) is 1.63. The average Bonchev–Trinajstić information content (AvgIpc) is 2.76. The van der Waals surface area contributed by atoms with Crippen molar-refractivity contribution in [3.05, 3.63) is 22.6 Å². The van der Waals surface area contributed by atoms with Crippen molar-refractivity contribution in [2.75, 3.05) is 32.7 Å². The highest BCUT2D eigenvalue weighted by molar-refractivity contribution is 9.10. The Morgan fingerprint density at radius 2 is 2.12 bits per heavy atom. The Bertz CT molecular complexity index is 410.